The van der Waals surface area contributed by atoms with E-state index < -0.39 is 5.60 Å². The average Bonchev–Trinajstić information content (AvgIpc) is 3.17. The first-order valence-corrected chi connectivity index (χ1v) is 10.2. The second kappa shape index (κ2) is 7.40. The Morgan fingerprint density at radius 1 is 1.14 bits per heavy atom. The second-order valence-corrected chi connectivity index (χ2v) is 8.18. The summed E-state index contributed by atoms with van der Waals surface area (Å²) in [7, 11) is 2.10. The van der Waals surface area contributed by atoms with E-state index in [0.717, 1.165) is 66.3 Å². The predicted molar refractivity (Wildman–Crippen MR) is 111 cm³/mol. The summed E-state index contributed by atoms with van der Waals surface area (Å²) in [5.74, 6) is 1.58. The Balaban J connectivity index is 1.41. The van der Waals surface area contributed by atoms with E-state index in [0.29, 0.717) is 19.1 Å². The molecule has 0 spiro atoms. The van der Waals surface area contributed by atoms with Gasteiger partial charge in [-0.1, -0.05) is 24.3 Å². The van der Waals surface area contributed by atoms with Crippen LogP contribution in [-0.2, 0) is 15.1 Å². The van der Waals surface area contributed by atoms with Gasteiger partial charge in [0.1, 0.15) is 23.4 Å². The standard InChI is InChI=1S/C22H26N4O3/c1-26(11-15-6-8-28-9-7-15)21-18-10-19(25-20(18)23-14-24-21)16-2-4-17(5-3-16)22(27)12-29-13-22/h2-5,10,14-15,27H,6-9,11-13H2,1H3,(H,23,24,25). The van der Waals surface area contributed by atoms with E-state index in [1.54, 1.807) is 6.33 Å². The van der Waals surface area contributed by atoms with Gasteiger partial charge in [-0.15, -0.1) is 0 Å². The molecule has 4 heterocycles. The number of rotatable bonds is 5. The van der Waals surface area contributed by atoms with E-state index in [1.807, 2.05) is 24.3 Å². The zero-order chi connectivity index (χ0) is 19.8. The third-order valence-corrected chi connectivity index (χ3v) is 6.05. The van der Waals surface area contributed by atoms with Crippen molar-refractivity contribution in [2.24, 2.45) is 5.92 Å². The number of aromatic amines is 1. The van der Waals surface area contributed by atoms with Gasteiger partial charge in [0, 0.05) is 32.5 Å². The van der Waals surface area contributed by atoms with Crippen molar-refractivity contribution < 1.29 is 14.6 Å². The van der Waals surface area contributed by atoms with Crippen LogP contribution in [0.2, 0.25) is 0 Å². The van der Waals surface area contributed by atoms with Crippen molar-refractivity contribution in [3.05, 3.63) is 42.2 Å². The molecule has 152 valence electrons. The molecule has 29 heavy (non-hydrogen) atoms. The largest absolute Gasteiger partial charge is 0.381 e. The molecule has 0 bridgehead atoms. The van der Waals surface area contributed by atoms with Crippen molar-refractivity contribution >= 4 is 16.9 Å². The molecule has 2 saturated heterocycles. The number of nitrogens with one attached hydrogen (secondary N) is 1. The number of anilines is 1. The zero-order valence-electron chi connectivity index (χ0n) is 16.6. The Kier molecular flexibility index (Phi) is 4.73. The smallest absolute Gasteiger partial charge is 0.143 e. The van der Waals surface area contributed by atoms with Crippen molar-refractivity contribution in [2.75, 3.05) is 44.9 Å². The quantitative estimate of drug-likeness (QED) is 0.692. The van der Waals surface area contributed by atoms with Gasteiger partial charge in [-0.05, 0) is 36.0 Å². The number of hydrogen-bond acceptors (Lipinski definition) is 6. The van der Waals surface area contributed by atoms with Crippen LogP contribution in [0.15, 0.2) is 36.7 Å². The summed E-state index contributed by atoms with van der Waals surface area (Å²) in [6.45, 7) is 3.38. The van der Waals surface area contributed by atoms with Gasteiger partial charge in [-0.3, -0.25) is 0 Å². The summed E-state index contributed by atoms with van der Waals surface area (Å²) in [5.41, 5.74) is 2.92. The van der Waals surface area contributed by atoms with Crippen LogP contribution >= 0.6 is 0 Å². The molecular weight excluding hydrogens is 368 g/mol. The minimum absolute atomic E-state index is 0.358. The first-order valence-electron chi connectivity index (χ1n) is 10.2. The molecule has 2 aliphatic heterocycles. The molecule has 7 nitrogen and oxygen atoms in total. The fourth-order valence-corrected chi connectivity index (χ4v) is 4.21. The minimum Gasteiger partial charge on any atom is -0.381 e. The number of aromatic nitrogens is 3. The molecule has 0 saturated carbocycles. The monoisotopic (exact) mass is 394 g/mol. The first-order chi connectivity index (χ1) is 14.1. The maximum absolute atomic E-state index is 10.4. The molecular formula is C22H26N4O3. The van der Waals surface area contributed by atoms with Crippen molar-refractivity contribution in [1.29, 1.82) is 0 Å². The lowest BCUT2D eigenvalue weighted by Gasteiger charge is -2.36. The predicted octanol–water partition coefficient (Wildman–Crippen LogP) is 2.71. The normalized spacial score (nSPS) is 19.2. The second-order valence-electron chi connectivity index (χ2n) is 8.18. The highest BCUT2D eigenvalue weighted by molar-refractivity contribution is 5.91. The molecule has 0 amide bonds. The molecule has 2 aliphatic rings. The maximum atomic E-state index is 10.4. The van der Waals surface area contributed by atoms with Crippen LogP contribution in [0, 0.1) is 5.92 Å². The summed E-state index contributed by atoms with van der Waals surface area (Å²) < 4.78 is 10.6. The van der Waals surface area contributed by atoms with Crippen LogP contribution in [0.25, 0.3) is 22.3 Å². The van der Waals surface area contributed by atoms with Gasteiger partial charge in [0.15, 0.2) is 0 Å². The number of aliphatic hydroxyl groups is 1. The molecule has 0 aliphatic carbocycles. The Bertz CT molecular complexity index is 991. The number of fused-ring (bicyclic) bond motifs is 1. The van der Waals surface area contributed by atoms with Crippen LogP contribution in [0.5, 0.6) is 0 Å². The van der Waals surface area contributed by atoms with E-state index in [4.69, 9.17) is 9.47 Å². The number of hydrogen-bond donors (Lipinski definition) is 2. The van der Waals surface area contributed by atoms with Gasteiger partial charge in [-0.2, -0.15) is 0 Å². The molecule has 0 atom stereocenters. The summed E-state index contributed by atoms with van der Waals surface area (Å²) >= 11 is 0. The Morgan fingerprint density at radius 3 is 2.59 bits per heavy atom. The summed E-state index contributed by atoms with van der Waals surface area (Å²) in [4.78, 5) is 14.6. The summed E-state index contributed by atoms with van der Waals surface area (Å²) in [6.07, 6.45) is 3.81. The van der Waals surface area contributed by atoms with Crippen LogP contribution in [0.4, 0.5) is 5.82 Å². The van der Waals surface area contributed by atoms with Gasteiger partial charge < -0.3 is 24.5 Å². The summed E-state index contributed by atoms with van der Waals surface area (Å²) in [6, 6.07) is 10.1. The van der Waals surface area contributed by atoms with Crippen LogP contribution in [0.1, 0.15) is 18.4 Å². The fraction of sp³-hybridized carbons (Fsp3) is 0.455. The van der Waals surface area contributed by atoms with Crippen LogP contribution in [-0.4, -0.2) is 60.1 Å². The van der Waals surface area contributed by atoms with Crippen molar-refractivity contribution in [1.82, 2.24) is 15.0 Å². The highest BCUT2D eigenvalue weighted by Gasteiger charge is 2.37. The van der Waals surface area contributed by atoms with Gasteiger partial charge in [0.25, 0.3) is 0 Å². The number of ether oxygens (including phenoxy) is 2. The Morgan fingerprint density at radius 2 is 1.90 bits per heavy atom. The lowest BCUT2D eigenvalue weighted by atomic mass is 9.91. The molecule has 2 fully saturated rings. The third kappa shape index (κ3) is 3.50. The molecule has 7 heteroatoms. The molecule has 3 aromatic rings. The highest BCUT2D eigenvalue weighted by atomic mass is 16.5. The molecule has 1 aromatic carbocycles. The molecule has 0 radical (unpaired) electrons. The lowest BCUT2D eigenvalue weighted by molar-refractivity contribution is -0.184. The van der Waals surface area contributed by atoms with E-state index >= 15 is 0 Å². The number of H-pyrrole nitrogens is 1. The zero-order valence-corrected chi connectivity index (χ0v) is 16.6. The maximum Gasteiger partial charge on any atom is 0.143 e. The molecule has 0 unspecified atom stereocenters. The number of nitrogens with zero attached hydrogens (tertiary/aromatic N) is 3. The van der Waals surface area contributed by atoms with E-state index in [-0.39, 0.29) is 0 Å². The molecule has 2 N–H and O–H groups in total. The minimum atomic E-state index is -0.843. The fourth-order valence-electron chi connectivity index (χ4n) is 4.21. The van der Waals surface area contributed by atoms with Crippen LogP contribution < -0.4 is 4.90 Å². The third-order valence-electron chi connectivity index (χ3n) is 6.05. The average molecular weight is 394 g/mol. The Hall–Kier alpha value is -2.48. The van der Waals surface area contributed by atoms with Gasteiger partial charge in [0.2, 0.25) is 0 Å². The van der Waals surface area contributed by atoms with Crippen molar-refractivity contribution in [3.63, 3.8) is 0 Å². The highest BCUT2D eigenvalue weighted by Crippen LogP contribution is 2.33. The van der Waals surface area contributed by atoms with Gasteiger partial charge in [0.05, 0.1) is 18.6 Å². The molecule has 2 aromatic heterocycles. The van der Waals surface area contributed by atoms with Crippen LogP contribution in [0.3, 0.4) is 0 Å². The van der Waals surface area contributed by atoms with Gasteiger partial charge >= 0.3 is 0 Å². The van der Waals surface area contributed by atoms with E-state index in [1.165, 1.54) is 0 Å². The lowest BCUT2D eigenvalue weighted by Crippen LogP contribution is -2.46. The Labute approximate surface area is 169 Å². The SMILES string of the molecule is CN(CC1CCOCC1)c1ncnc2[nH]c(-c3ccc(C4(O)COC4)cc3)cc12. The van der Waals surface area contributed by atoms with Crippen molar-refractivity contribution in [3.8, 4) is 11.3 Å². The summed E-state index contributed by atoms with van der Waals surface area (Å²) in [5, 5.41) is 11.4. The topological polar surface area (TPSA) is 83.5 Å². The van der Waals surface area contributed by atoms with E-state index in [9.17, 15) is 5.11 Å². The molecule has 5 rings (SSSR count). The first kappa shape index (κ1) is 18.5. The number of benzene rings is 1. The van der Waals surface area contributed by atoms with E-state index in [2.05, 4.69) is 33.0 Å². The van der Waals surface area contributed by atoms with Gasteiger partial charge in [-0.25, -0.2) is 9.97 Å². The van der Waals surface area contributed by atoms with Crippen molar-refractivity contribution in [2.45, 2.75) is 18.4 Å².